The smallest absolute Gasteiger partial charge is 0.252 e. The lowest BCUT2D eigenvalue weighted by Crippen LogP contribution is -2.75. The molecule has 0 saturated heterocycles. The van der Waals surface area contributed by atoms with Crippen LogP contribution in [0.15, 0.2) is 425 Å². The van der Waals surface area contributed by atoms with Gasteiger partial charge in [0.1, 0.15) is 0 Å². The molecule has 3 heterocycles. The van der Waals surface area contributed by atoms with Crippen LogP contribution >= 0.6 is 0 Å². The molecule has 0 fully saturated rings. The minimum Gasteiger partial charge on any atom is -0.311 e. The van der Waals surface area contributed by atoms with E-state index in [1.54, 1.807) is 0 Å². The van der Waals surface area contributed by atoms with E-state index in [4.69, 9.17) is 0 Å². The van der Waals surface area contributed by atoms with E-state index < -0.39 is 24.2 Å². The Kier molecular flexibility index (Phi) is 15.4. The molecule has 0 saturated carbocycles. The molecule has 2 aliphatic heterocycles. The average Bonchev–Trinajstić information content (AvgIpc) is 1.13. The second-order valence-electron chi connectivity index (χ2n) is 27.3. The molecule has 484 valence electrons. The summed E-state index contributed by atoms with van der Waals surface area (Å²) in [6.45, 7) is -0.185. The van der Waals surface area contributed by atoms with Crippen LogP contribution in [0.5, 0.6) is 0 Å². The van der Waals surface area contributed by atoms with Gasteiger partial charge in [-0.15, -0.1) is 0 Å². The summed E-state index contributed by atoms with van der Waals surface area (Å²) in [7, 11) is -9.30. The van der Waals surface area contributed by atoms with E-state index in [2.05, 4.69) is 439 Å². The second kappa shape index (κ2) is 25.7. The quantitative estimate of drug-likeness (QED) is 0.0749. The monoisotopic (exact) mass is 1360 g/mol. The molecule has 1 aromatic heterocycles. The van der Waals surface area contributed by atoms with E-state index in [-0.39, 0.29) is 6.71 Å². The van der Waals surface area contributed by atoms with Gasteiger partial charge in [-0.05, 0) is 139 Å². The molecule has 0 bridgehead atoms. The van der Waals surface area contributed by atoms with E-state index in [1.807, 2.05) is 0 Å². The molecule has 0 atom stereocenters. The van der Waals surface area contributed by atoms with Gasteiger partial charge in [-0.3, -0.25) is 0 Å². The number of rotatable bonds is 15. The first-order valence-corrected chi connectivity index (χ1v) is 41.8. The Labute approximate surface area is 605 Å². The van der Waals surface area contributed by atoms with Gasteiger partial charge in [0.25, 0.3) is 6.71 Å². The molecule has 7 heteroatoms. The van der Waals surface area contributed by atoms with Crippen LogP contribution in [-0.2, 0) is 0 Å². The van der Waals surface area contributed by atoms with Crippen molar-refractivity contribution in [3.63, 3.8) is 0 Å². The summed E-state index contributed by atoms with van der Waals surface area (Å²) < 4.78 is 2.54. The maximum atomic E-state index is 2.70. The molecule has 3 nitrogen and oxygen atoms in total. The van der Waals surface area contributed by atoms with E-state index in [0.717, 1.165) is 50.8 Å². The van der Waals surface area contributed by atoms with E-state index in [9.17, 15) is 0 Å². The highest BCUT2D eigenvalue weighted by Gasteiger charge is 2.49. The van der Waals surface area contributed by atoms with Crippen molar-refractivity contribution < 1.29 is 0 Å². The van der Waals surface area contributed by atoms with Crippen LogP contribution in [0.25, 0.3) is 27.5 Å². The fourth-order valence-corrected chi connectivity index (χ4v) is 32.3. The van der Waals surface area contributed by atoms with Crippen LogP contribution in [0.2, 0.25) is 0 Å². The van der Waals surface area contributed by atoms with Gasteiger partial charge in [-0.1, -0.05) is 364 Å². The Morgan fingerprint density at radius 2 is 0.466 bits per heavy atom. The summed E-state index contributed by atoms with van der Waals surface area (Å²) in [6.07, 6.45) is 0. The maximum absolute atomic E-state index is 3.15. The third kappa shape index (κ3) is 9.76. The highest BCUT2D eigenvalue weighted by molar-refractivity contribution is 7.21. The molecule has 0 unspecified atom stereocenters. The molecule has 0 spiro atoms. The lowest BCUT2D eigenvalue weighted by atomic mass is 9.33. The SMILES string of the molecule is c1ccc([Si](c2ccccc2)(c2ccccc2)c2cccc(N3c4ccccc4B4c5ccc([Si](c6ccccc6)(c6ccccc6)c6ccccc6)cc5N(c5cccc([Si](c6ccccc6)(c6ccccc6)c6ccccc6)c5)c5cc(-n6c7ccccc7c7ccccc76)cc3c54)c2)cc1. The van der Waals surface area contributed by atoms with Gasteiger partial charge in [0.15, 0.2) is 24.2 Å². The van der Waals surface area contributed by atoms with Crippen molar-refractivity contribution in [1.29, 1.82) is 0 Å². The van der Waals surface area contributed by atoms with Crippen LogP contribution in [0.1, 0.15) is 0 Å². The fraction of sp³-hybridized carbons (Fsp3) is 0. The van der Waals surface area contributed by atoms with Crippen molar-refractivity contribution in [2.45, 2.75) is 0 Å². The van der Waals surface area contributed by atoms with Crippen molar-refractivity contribution >= 4 is 165 Å². The third-order valence-electron chi connectivity index (χ3n) is 22.2. The first-order valence-electron chi connectivity index (χ1n) is 35.8. The molecule has 0 radical (unpaired) electrons. The predicted octanol–water partition coefficient (Wildman–Crippen LogP) is 13.0. The van der Waals surface area contributed by atoms with Crippen molar-refractivity contribution in [3.8, 4) is 5.69 Å². The first kappa shape index (κ1) is 61.7. The zero-order chi connectivity index (χ0) is 68.3. The van der Waals surface area contributed by atoms with Gasteiger partial charge in [-0.2, -0.15) is 0 Å². The van der Waals surface area contributed by atoms with Crippen molar-refractivity contribution in [1.82, 2.24) is 4.57 Å². The number of hydrogen-bond acceptors (Lipinski definition) is 2. The maximum Gasteiger partial charge on any atom is 0.252 e. The largest absolute Gasteiger partial charge is 0.311 e. The fourth-order valence-electron chi connectivity index (χ4n) is 18.0. The molecule has 17 aromatic rings. The average molecular weight is 1360 g/mol. The Bertz CT molecular complexity index is 5610. The van der Waals surface area contributed by atoms with Gasteiger partial charge in [0.05, 0.1) is 16.7 Å². The highest BCUT2D eigenvalue weighted by atomic mass is 28.3. The van der Waals surface area contributed by atoms with Crippen molar-refractivity contribution in [2.24, 2.45) is 0 Å². The van der Waals surface area contributed by atoms with Gasteiger partial charge in [-0.25, -0.2) is 0 Å². The van der Waals surface area contributed by atoms with Gasteiger partial charge in [0.2, 0.25) is 0 Å². The lowest BCUT2D eigenvalue weighted by Gasteiger charge is -2.45. The molecule has 103 heavy (non-hydrogen) atoms. The summed E-state index contributed by atoms with van der Waals surface area (Å²) >= 11 is 0. The van der Waals surface area contributed by atoms with Crippen LogP contribution in [0, 0.1) is 0 Å². The molecule has 0 N–H and O–H groups in total. The zero-order valence-electron chi connectivity index (χ0n) is 56.8. The number of hydrogen-bond donors (Lipinski definition) is 0. The summed E-state index contributed by atoms with van der Waals surface area (Å²) in [5.41, 5.74) is 14.0. The zero-order valence-corrected chi connectivity index (χ0v) is 59.8. The van der Waals surface area contributed by atoms with E-state index in [0.29, 0.717) is 0 Å². The Balaban J connectivity index is 0.953. The normalized spacial score (nSPS) is 12.6. The Hall–Kier alpha value is -12.4. The molecule has 19 rings (SSSR count). The van der Waals surface area contributed by atoms with E-state index >= 15 is 0 Å². The molecular formula is C96H70BN3Si3. The molecule has 2 aliphatic rings. The number of anilines is 6. The third-order valence-corrected chi connectivity index (χ3v) is 36.5. The van der Waals surface area contributed by atoms with Crippen LogP contribution in [0.4, 0.5) is 34.1 Å². The number of para-hydroxylation sites is 3. The number of nitrogens with zero attached hydrogens (tertiary/aromatic N) is 3. The highest BCUT2D eigenvalue weighted by Crippen LogP contribution is 2.46. The van der Waals surface area contributed by atoms with Crippen LogP contribution in [-0.4, -0.2) is 35.5 Å². The van der Waals surface area contributed by atoms with Crippen molar-refractivity contribution in [3.05, 3.63) is 425 Å². The van der Waals surface area contributed by atoms with E-state index in [1.165, 1.54) is 89.4 Å². The Morgan fingerprint density at radius 3 is 0.825 bits per heavy atom. The topological polar surface area (TPSA) is 11.4 Å². The number of fused-ring (bicyclic) bond motifs is 7. The number of aromatic nitrogens is 1. The predicted molar refractivity (Wildman–Crippen MR) is 446 cm³/mol. The second-order valence-corrected chi connectivity index (χ2v) is 38.8. The minimum absolute atomic E-state index is 0.185. The first-order chi connectivity index (χ1) is 51.1. The lowest BCUT2D eigenvalue weighted by molar-refractivity contribution is 1.16. The summed E-state index contributed by atoms with van der Waals surface area (Å²) in [5, 5.41) is 18.3. The van der Waals surface area contributed by atoms with Gasteiger partial charge >= 0.3 is 0 Å². The molecule has 0 amide bonds. The van der Waals surface area contributed by atoms with Crippen LogP contribution in [0.3, 0.4) is 0 Å². The molecule has 16 aromatic carbocycles. The summed E-state index contributed by atoms with van der Waals surface area (Å²) in [4.78, 5) is 5.34. The number of benzene rings is 16. The minimum atomic E-state index is -3.15. The van der Waals surface area contributed by atoms with Crippen molar-refractivity contribution in [2.75, 3.05) is 9.80 Å². The van der Waals surface area contributed by atoms with Gasteiger partial charge < -0.3 is 14.4 Å². The van der Waals surface area contributed by atoms with Gasteiger partial charge in [0, 0.05) is 44.9 Å². The summed E-state index contributed by atoms with van der Waals surface area (Å²) in [6, 6.07) is 162. The molecular weight excluding hydrogens is 1290 g/mol. The molecule has 0 aliphatic carbocycles. The van der Waals surface area contributed by atoms with Crippen LogP contribution < -0.4 is 88.4 Å². The standard InChI is InChI=1S/C96H70BN3Si3/c1-10-38-74(39-11-1)101(75-40-12-2-13-41-75,76-42-14-3-15-43-76)83-56-34-36-71(66-83)98-92-63-33-30-60-88(92)97-89-65-64-85(103(80-50-22-7-23-51-80,81-52-24-8-25-53-81)82-54-26-9-27-55-82)70-93(89)99(95-69-73(68-94(98)96(95)97)100-90-61-31-28-58-86(90)87-59-29-32-62-91(87)100)72-37-35-57-84(67-72)102(77-44-16-4-17-45-77,78-46-18-5-19-47-78)79-48-20-6-21-49-79/h1-70H. The Morgan fingerprint density at radius 1 is 0.184 bits per heavy atom. The summed E-state index contributed by atoms with van der Waals surface area (Å²) in [5.74, 6) is 0.